The molecule has 100 valence electrons. The largest absolute Gasteiger partial charge is 0.317 e. The predicted molar refractivity (Wildman–Crippen MR) is 80.0 cm³/mol. The molecule has 0 aliphatic heterocycles. The lowest BCUT2D eigenvalue weighted by Gasteiger charge is -2.23. The number of rotatable bonds is 2. The molecule has 1 N–H and O–H groups in total. The molecule has 0 bridgehead atoms. The third kappa shape index (κ3) is 2.85. The third-order valence-electron chi connectivity index (χ3n) is 3.46. The molecule has 1 aliphatic rings. The highest BCUT2D eigenvalue weighted by molar-refractivity contribution is 7.73. The first-order chi connectivity index (χ1) is 9.06. The van der Waals surface area contributed by atoms with Gasteiger partial charge in [-0.1, -0.05) is 26.1 Å². The highest BCUT2D eigenvalue weighted by atomic mass is 32.1. The van der Waals surface area contributed by atoms with E-state index in [9.17, 15) is 10.1 Å². The minimum absolute atomic E-state index is 0.0775. The van der Waals surface area contributed by atoms with Gasteiger partial charge >= 0.3 is 0 Å². The second kappa shape index (κ2) is 5.81. The minimum atomic E-state index is -0.0775. The molecule has 1 heterocycles. The fourth-order valence-corrected chi connectivity index (χ4v) is 3.77. The van der Waals surface area contributed by atoms with Gasteiger partial charge in [-0.3, -0.25) is 4.79 Å². The van der Waals surface area contributed by atoms with Gasteiger partial charge in [-0.2, -0.15) is 5.26 Å². The smallest absolute Gasteiger partial charge is 0.224 e. The summed E-state index contributed by atoms with van der Waals surface area (Å²) < 4.78 is 0.812. The van der Waals surface area contributed by atoms with Crippen molar-refractivity contribution in [2.24, 2.45) is 5.92 Å². The number of nitriles is 1. The number of carbonyl (C=O) groups is 1. The Kier molecular flexibility index (Phi) is 4.33. The summed E-state index contributed by atoms with van der Waals surface area (Å²) >= 11 is 6.78. The van der Waals surface area contributed by atoms with Gasteiger partial charge in [-0.25, -0.2) is 0 Å². The van der Waals surface area contributed by atoms with Crippen LogP contribution in [-0.4, -0.2) is 5.91 Å². The maximum absolute atomic E-state index is 11.5. The highest BCUT2D eigenvalue weighted by Gasteiger charge is 2.22. The Morgan fingerprint density at radius 3 is 2.95 bits per heavy atom. The molecule has 0 saturated carbocycles. The van der Waals surface area contributed by atoms with Crippen LogP contribution in [0, 0.1) is 21.1 Å². The Morgan fingerprint density at radius 1 is 1.58 bits per heavy atom. The van der Waals surface area contributed by atoms with Crippen molar-refractivity contribution in [1.82, 2.24) is 0 Å². The van der Waals surface area contributed by atoms with E-state index in [4.69, 9.17) is 12.2 Å². The van der Waals surface area contributed by atoms with Crippen molar-refractivity contribution in [3.8, 4) is 6.07 Å². The summed E-state index contributed by atoms with van der Waals surface area (Å²) in [5, 5.41) is 12.8. The van der Waals surface area contributed by atoms with Crippen molar-refractivity contribution in [2.75, 3.05) is 5.32 Å². The number of fused-ring (bicyclic) bond motifs is 1. The predicted octanol–water partition coefficient (Wildman–Crippen LogP) is 3.82. The summed E-state index contributed by atoms with van der Waals surface area (Å²) in [6, 6.07) is 2.24. The van der Waals surface area contributed by atoms with Gasteiger partial charge in [0.1, 0.15) is 11.1 Å². The molecule has 0 radical (unpaired) electrons. The Hall–Kier alpha value is -1.25. The molecule has 0 fully saturated rings. The van der Waals surface area contributed by atoms with Crippen LogP contribution in [0.2, 0.25) is 0 Å². The standard InChI is InChI=1S/C14H16N2OS2/c1-3-12(17)16-13-11(7-15)9-5-4-8(2)6-10(9)14(18)19-13/h8H,3-6H2,1-2H3,(H,16,17). The van der Waals surface area contributed by atoms with Gasteiger partial charge in [-0.05, 0) is 36.3 Å². The van der Waals surface area contributed by atoms with Crippen LogP contribution in [0.25, 0.3) is 0 Å². The monoisotopic (exact) mass is 292 g/mol. The number of anilines is 1. The molecule has 1 aromatic rings. The molecule has 1 atom stereocenters. The van der Waals surface area contributed by atoms with Crippen molar-refractivity contribution in [3.05, 3.63) is 20.5 Å². The van der Waals surface area contributed by atoms with Crippen molar-refractivity contribution < 1.29 is 4.79 Å². The molecule has 2 rings (SSSR count). The normalized spacial score (nSPS) is 17.4. The second-order valence-corrected chi connectivity index (χ2v) is 6.60. The van der Waals surface area contributed by atoms with E-state index in [1.165, 1.54) is 11.3 Å². The molecule has 1 aromatic heterocycles. The Bertz CT molecular complexity index is 613. The quantitative estimate of drug-likeness (QED) is 0.843. The molecule has 19 heavy (non-hydrogen) atoms. The van der Waals surface area contributed by atoms with Crippen molar-refractivity contribution in [1.29, 1.82) is 5.26 Å². The first-order valence-electron chi connectivity index (χ1n) is 6.45. The van der Waals surface area contributed by atoms with E-state index in [2.05, 4.69) is 18.3 Å². The number of carbonyl (C=O) groups excluding carboxylic acids is 1. The number of hydrogen-bond acceptors (Lipinski definition) is 4. The molecule has 1 aliphatic carbocycles. The zero-order valence-electron chi connectivity index (χ0n) is 11.1. The van der Waals surface area contributed by atoms with Gasteiger partial charge in [0.2, 0.25) is 5.91 Å². The van der Waals surface area contributed by atoms with Crippen LogP contribution in [0.1, 0.15) is 43.4 Å². The Balaban J connectivity index is 2.54. The van der Waals surface area contributed by atoms with E-state index in [-0.39, 0.29) is 5.91 Å². The van der Waals surface area contributed by atoms with Crippen LogP contribution < -0.4 is 5.32 Å². The molecule has 5 heteroatoms. The fraction of sp³-hybridized carbons (Fsp3) is 0.500. The van der Waals surface area contributed by atoms with Crippen LogP contribution in [0.15, 0.2) is 0 Å². The van der Waals surface area contributed by atoms with E-state index in [0.29, 0.717) is 22.9 Å². The lowest BCUT2D eigenvalue weighted by Crippen LogP contribution is -2.16. The van der Waals surface area contributed by atoms with Gasteiger partial charge in [0.15, 0.2) is 0 Å². The topological polar surface area (TPSA) is 52.9 Å². The minimum Gasteiger partial charge on any atom is -0.317 e. The third-order valence-corrected chi connectivity index (χ3v) is 4.90. The first kappa shape index (κ1) is 14.2. The van der Waals surface area contributed by atoms with Crippen LogP contribution in [-0.2, 0) is 17.6 Å². The Labute approximate surface area is 122 Å². The molecule has 0 saturated heterocycles. The zero-order chi connectivity index (χ0) is 14.0. The summed E-state index contributed by atoms with van der Waals surface area (Å²) in [4.78, 5) is 11.5. The van der Waals surface area contributed by atoms with Crippen LogP contribution in [0.3, 0.4) is 0 Å². The van der Waals surface area contributed by atoms with E-state index in [0.717, 1.165) is 34.2 Å². The molecule has 0 aromatic carbocycles. The maximum atomic E-state index is 11.5. The molecule has 3 nitrogen and oxygen atoms in total. The molecular weight excluding hydrogens is 276 g/mol. The van der Waals surface area contributed by atoms with Gasteiger partial charge < -0.3 is 5.32 Å². The van der Waals surface area contributed by atoms with Gasteiger partial charge in [0.05, 0.1) is 9.39 Å². The fourth-order valence-electron chi connectivity index (χ4n) is 2.36. The summed E-state index contributed by atoms with van der Waals surface area (Å²) in [7, 11) is 0. The van der Waals surface area contributed by atoms with Crippen molar-refractivity contribution >= 4 is 34.5 Å². The average molecular weight is 292 g/mol. The Morgan fingerprint density at radius 2 is 2.32 bits per heavy atom. The van der Waals surface area contributed by atoms with Crippen LogP contribution >= 0.6 is 23.6 Å². The number of nitrogens with one attached hydrogen (secondary N) is 1. The molecule has 1 unspecified atom stereocenters. The molecule has 0 spiro atoms. The SMILES string of the molecule is CCC(=O)Nc1sc(=S)c2c(c1C#N)CCC(C)C2. The number of amides is 1. The number of nitrogens with zero attached hydrogens (tertiary/aromatic N) is 1. The highest BCUT2D eigenvalue weighted by Crippen LogP contribution is 2.35. The second-order valence-electron chi connectivity index (χ2n) is 4.91. The van der Waals surface area contributed by atoms with E-state index in [1.54, 1.807) is 6.92 Å². The van der Waals surface area contributed by atoms with Crippen molar-refractivity contribution in [3.63, 3.8) is 0 Å². The van der Waals surface area contributed by atoms with E-state index in [1.807, 2.05) is 0 Å². The summed E-state index contributed by atoms with van der Waals surface area (Å²) in [5.41, 5.74) is 2.81. The van der Waals surface area contributed by atoms with Gasteiger partial charge in [-0.15, -0.1) is 11.3 Å². The maximum Gasteiger partial charge on any atom is 0.224 e. The van der Waals surface area contributed by atoms with Gasteiger partial charge in [0.25, 0.3) is 0 Å². The molecule has 1 amide bonds. The number of hydrogen-bond donors (Lipinski definition) is 1. The summed E-state index contributed by atoms with van der Waals surface area (Å²) in [6.45, 7) is 4.00. The summed E-state index contributed by atoms with van der Waals surface area (Å²) in [6.07, 6.45) is 3.30. The first-order valence-corrected chi connectivity index (χ1v) is 7.68. The van der Waals surface area contributed by atoms with E-state index >= 15 is 0 Å². The average Bonchev–Trinajstić information content (AvgIpc) is 2.39. The zero-order valence-corrected chi connectivity index (χ0v) is 12.7. The van der Waals surface area contributed by atoms with Crippen LogP contribution in [0.4, 0.5) is 5.00 Å². The van der Waals surface area contributed by atoms with E-state index < -0.39 is 0 Å². The summed E-state index contributed by atoms with van der Waals surface area (Å²) in [5.74, 6) is 0.537. The lowest BCUT2D eigenvalue weighted by molar-refractivity contribution is -0.115. The van der Waals surface area contributed by atoms with Gasteiger partial charge in [0, 0.05) is 6.42 Å². The van der Waals surface area contributed by atoms with Crippen LogP contribution in [0.5, 0.6) is 0 Å². The molecular formula is C14H16N2OS2. The van der Waals surface area contributed by atoms with Crippen molar-refractivity contribution in [2.45, 2.75) is 39.5 Å². The lowest BCUT2D eigenvalue weighted by atomic mass is 9.85.